The van der Waals surface area contributed by atoms with Crippen molar-refractivity contribution in [2.75, 3.05) is 19.0 Å². The first kappa shape index (κ1) is 13.9. The van der Waals surface area contributed by atoms with Crippen LogP contribution in [0.1, 0.15) is 5.56 Å². The lowest BCUT2D eigenvalue weighted by atomic mass is 10.1. The fourth-order valence-electron chi connectivity index (χ4n) is 2.09. The molecule has 2 aromatic heterocycles. The molecule has 21 heavy (non-hydrogen) atoms. The van der Waals surface area contributed by atoms with Gasteiger partial charge in [0.25, 0.3) is 0 Å². The standard InChI is InChI=1S/C16H12ClN3S/c1-20(2)12-5-3-10(4-6-12)14-7-13-16(21-14)15(17)11(8-18)9-19-13/h3-7,9H,1-2H3. The third-order valence-electron chi connectivity index (χ3n) is 3.27. The van der Waals surface area contributed by atoms with Crippen LogP contribution in [0.25, 0.3) is 20.7 Å². The van der Waals surface area contributed by atoms with E-state index in [4.69, 9.17) is 16.9 Å². The molecule has 0 N–H and O–H groups in total. The SMILES string of the molecule is CN(C)c1ccc(-c2cc3ncc(C#N)c(Cl)c3s2)cc1. The number of rotatable bonds is 2. The van der Waals surface area contributed by atoms with Gasteiger partial charge in [-0.05, 0) is 23.8 Å². The molecule has 0 unspecified atom stereocenters. The lowest BCUT2D eigenvalue weighted by Crippen LogP contribution is -2.07. The fourth-order valence-corrected chi connectivity index (χ4v) is 3.46. The Bertz CT molecular complexity index is 844. The Labute approximate surface area is 132 Å². The highest BCUT2D eigenvalue weighted by Crippen LogP contribution is 2.37. The summed E-state index contributed by atoms with van der Waals surface area (Å²) >= 11 is 7.81. The Hall–Kier alpha value is -2.09. The van der Waals surface area contributed by atoms with E-state index < -0.39 is 0 Å². The molecule has 0 spiro atoms. The average molecular weight is 314 g/mol. The van der Waals surface area contributed by atoms with E-state index in [-0.39, 0.29) is 0 Å². The van der Waals surface area contributed by atoms with Gasteiger partial charge < -0.3 is 4.90 Å². The minimum Gasteiger partial charge on any atom is -0.378 e. The topological polar surface area (TPSA) is 39.9 Å². The summed E-state index contributed by atoms with van der Waals surface area (Å²) in [5, 5.41) is 9.50. The van der Waals surface area contributed by atoms with Crippen LogP contribution in [0.2, 0.25) is 5.02 Å². The molecule has 0 aliphatic heterocycles. The molecule has 3 rings (SSSR count). The highest BCUT2D eigenvalue weighted by Gasteiger charge is 2.11. The van der Waals surface area contributed by atoms with Crippen LogP contribution in [0.15, 0.2) is 36.5 Å². The van der Waals surface area contributed by atoms with Crippen LogP contribution in [0, 0.1) is 11.3 Å². The van der Waals surface area contributed by atoms with Crippen molar-refractivity contribution in [1.82, 2.24) is 4.98 Å². The van der Waals surface area contributed by atoms with Crippen molar-refractivity contribution in [1.29, 1.82) is 5.26 Å². The zero-order valence-electron chi connectivity index (χ0n) is 11.6. The van der Waals surface area contributed by atoms with Gasteiger partial charge in [-0.3, -0.25) is 4.98 Å². The third-order valence-corrected chi connectivity index (χ3v) is 4.97. The number of nitrogens with zero attached hydrogens (tertiary/aromatic N) is 3. The Morgan fingerprint density at radius 2 is 1.95 bits per heavy atom. The maximum Gasteiger partial charge on any atom is 0.102 e. The molecular formula is C16H12ClN3S. The van der Waals surface area contributed by atoms with E-state index in [2.05, 4.69) is 40.2 Å². The number of thiophene rings is 1. The first-order chi connectivity index (χ1) is 10.1. The molecule has 1 aromatic carbocycles. The smallest absolute Gasteiger partial charge is 0.102 e. The summed E-state index contributed by atoms with van der Waals surface area (Å²) in [6.45, 7) is 0. The Balaban J connectivity index is 2.09. The molecule has 0 aliphatic rings. The molecule has 2 heterocycles. The monoisotopic (exact) mass is 313 g/mol. The van der Waals surface area contributed by atoms with Gasteiger partial charge in [0.2, 0.25) is 0 Å². The number of benzene rings is 1. The summed E-state index contributed by atoms with van der Waals surface area (Å²) in [6.07, 6.45) is 1.52. The molecule has 0 aliphatic carbocycles. The van der Waals surface area contributed by atoms with E-state index in [0.717, 1.165) is 26.3 Å². The number of halogens is 1. The van der Waals surface area contributed by atoms with Crippen molar-refractivity contribution < 1.29 is 0 Å². The lowest BCUT2D eigenvalue weighted by molar-refractivity contribution is 1.13. The number of nitriles is 1. The zero-order chi connectivity index (χ0) is 15.0. The summed E-state index contributed by atoms with van der Waals surface area (Å²) in [5.74, 6) is 0. The number of hydrogen-bond acceptors (Lipinski definition) is 4. The van der Waals surface area contributed by atoms with Gasteiger partial charge in [0.1, 0.15) is 6.07 Å². The maximum atomic E-state index is 9.01. The van der Waals surface area contributed by atoms with Gasteiger partial charge in [-0.25, -0.2) is 0 Å². The highest BCUT2D eigenvalue weighted by molar-refractivity contribution is 7.22. The minimum atomic E-state index is 0.417. The summed E-state index contributed by atoms with van der Waals surface area (Å²) in [4.78, 5) is 7.46. The Morgan fingerprint density at radius 1 is 1.24 bits per heavy atom. The van der Waals surface area contributed by atoms with Gasteiger partial charge in [0.05, 0.1) is 20.8 Å². The van der Waals surface area contributed by atoms with Crippen LogP contribution in [0.3, 0.4) is 0 Å². The second-order valence-electron chi connectivity index (χ2n) is 4.86. The Kier molecular flexibility index (Phi) is 3.54. The minimum absolute atomic E-state index is 0.417. The fraction of sp³-hybridized carbons (Fsp3) is 0.125. The van der Waals surface area contributed by atoms with Crippen molar-refractivity contribution in [2.24, 2.45) is 0 Å². The molecule has 0 radical (unpaired) electrons. The van der Waals surface area contributed by atoms with Crippen molar-refractivity contribution in [3.63, 3.8) is 0 Å². The molecular weight excluding hydrogens is 302 g/mol. The van der Waals surface area contributed by atoms with Gasteiger partial charge >= 0.3 is 0 Å². The van der Waals surface area contributed by atoms with E-state index in [1.165, 1.54) is 6.20 Å². The van der Waals surface area contributed by atoms with Crippen molar-refractivity contribution >= 4 is 38.8 Å². The predicted molar refractivity (Wildman–Crippen MR) is 89.1 cm³/mol. The van der Waals surface area contributed by atoms with Crippen LogP contribution in [0.5, 0.6) is 0 Å². The van der Waals surface area contributed by atoms with Crippen LogP contribution in [-0.4, -0.2) is 19.1 Å². The first-order valence-electron chi connectivity index (χ1n) is 6.36. The summed E-state index contributed by atoms with van der Waals surface area (Å²) in [7, 11) is 4.03. The van der Waals surface area contributed by atoms with Crippen LogP contribution in [0.4, 0.5) is 5.69 Å². The second kappa shape index (κ2) is 5.36. The van der Waals surface area contributed by atoms with Crippen molar-refractivity contribution in [3.05, 3.63) is 47.1 Å². The molecule has 0 atom stereocenters. The molecule has 0 saturated heterocycles. The molecule has 104 valence electrons. The largest absolute Gasteiger partial charge is 0.378 e. The number of hydrogen-bond donors (Lipinski definition) is 0. The molecule has 3 aromatic rings. The highest BCUT2D eigenvalue weighted by atomic mass is 35.5. The summed E-state index contributed by atoms with van der Waals surface area (Å²) in [6, 6.07) is 12.4. The van der Waals surface area contributed by atoms with Crippen molar-refractivity contribution in [2.45, 2.75) is 0 Å². The number of aromatic nitrogens is 1. The first-order valence-corrected chi connectivity index (χ1v) is 7.55. The maximum absolute atomic E-state index is 9.01. The van der Waals surface area contributed by atoms with Crippen LogP contribution >= 0.6 is 22.9 Å². The quantitative estimate of drug-likeness (QED) is 0.696. The van der Waals surface area contributed by atoms with E-state index >= 15 is 0 Å². The van der Waals surface area contributed by atoms with E-state index in [0.29, 0.717) is 10.6 Å². The molecule has 0 saturated carbocycles. The average Bonchev–Trinajstić information content (AvgIpc) is 2.93. The molecule has 0 fully saturated rings. The number of pyridine rings is 1. The van der Waals surface area contributed by atoms with Gasteiger partial charge in [0, 0.05) is 30.9 Å². The normalized spacial score (nSPS) is 10.6. The van der Waals surface area contributed by atoms with Crippen LogP contribution < -0.4 is 4.90 Å². The van der Waals surface area contributed by atoms with Crippen LogP contribution in [-0.2, 0) is 0 Å². The predicted octanol–water partition coefficient (Wildman–Crippen LogP) is 4.55. The Morgan fingerprint density at radius 3 is 2.57 bits per heavy atom. The number of anilines is 1. The van der Waals surface area contributed by atoms with Gasteiger partial charge in [-0.1, -0.05) is 23.7 Å². The van der Waals surface area contributed by atoms with E-state index in [9.17, 15) is 0 Å². The van der Waals surface area contributed by atoms with Gasteiger partial charge in [0.15, 0.2) is 0 Å². The number of fused-ring (bicyclic) bond motifs is 1. The molecule has 0 bridgehead atoms. The van der Waals surface area contributed by atoms with E-state index in [1.54, 1.807) is 11.3 Å². The zero-order valence-corrected chi connectivity index (χ0v) is 13.2. The van der Waals surface area contributed by atoms with Crippen molar-refractivity contribution in [3.8, 4) is 16.5 Å². The molecule has 5 heteroatoms. The summed E-state index contributed by atoms with van der Waals surface area (Å²) in [5.41, 5.74) is 3.53. The van der Waals surface area contributed by atoms with Gasteiger partial charge in [-0.2, -0.15) is 5.26 Å². The lowest BCUT2D eigenvalue weighted by Gasteiger charge is -2.12. The van der Waals surface area contributed by atoms with E-state index in [1.807, 2.05) is 20.2 Å². The van der Waals surface area contributed by atoms with Gasteiger partial charge in [-0.15, -0.1) is 11.3 Å². The third kappa shape index (κ3) is 2.46. The summed E-state index contributed by atoms with van der Waals surface area (Å²) < 4.78 is 0.863. The molecule has 0 amide bonds. The second-order valence-corrected chi connectivity index (χ2v) is 6.29. The molecule has 3 nitrogen and oxygen atoms in total.